The van der Waals surface area contributed by atoms with Crippen molar-refractivity contribution in [2.24, 2.45) is 5.92 Å². The molecule has 4 unspecified atom stereocenters. The van der Waals surface area contributed by atoms with Crippen molar-refractivity contribution in [2.45, 2.75) is 44.5 Å². The van der Waals surface area contributed by atoms with Crippen LogP contribution in [-0.4, -0.2) is 17.7 Å². The van der Waals surface area contributed by atoms with E-state index >= 15 is 0 Å². The molecule has 2 saturated heterocycles. The molecule has 2 fully saturated rings. The molecule has 0 radical (unpaired) electrons. The van der Waals surface area contributed by atoms with Gasteiger partial charge in [0.05, 0.1) is 6.26 Å². The first-order valence-electron chi connectivity index (χ1n) is 6.74. The van der Waals surface area contributed by atoms with Crippen molar-refractivity contribution in [3.63, 3.8) is 0 Å². The maximum Gasteiger partial charge on any atom is 0.342 e. The Kier molecular flexibility index (Phi) is 2.09. The van der Waals surface area contributed by atoms with Crippen LogP contribution in [0.4, 0.5) is 0 Å². The minimum atomic E-state index is -0.723. The molecule has 19 heavy (non-hydrogen) atoms. The third-order valence-corrected chi connectivity index (χ3v) is 4.37. The fourth-order valence-electron chi connectivity index (χ4n) is 3.28. The second-order valence-electron chi connectivity index (χ2n) is 5.82. The van der Waals surface area contributed by atoms with Crippen LogP contribution in [0, 0.1) is 12.8 Å². The maximum absolute atomic E-state index is 12.1. The summed E-state index contributed by atoms with van der Waals surface area (Å²) in [7, 11) is 0. The van der Waals surface area contributed by atoms with Crippen molar-refractivity contribution in [1.82, 2.24) is 0 Å². The minimum Gasteiger partial charge on any atom is -0.469 e. The van der Waals surface area contributed by atoms with E-state index in [0.717, 1.165) is 23.3 Å². The van der Waals surface area contributed by atoms with Gasteiger partial charge in [0.1, 0.15) is 11.9 Å². The number of rotatable bonds is 0. The van der Waals surface area contributed by atoms with Crippen LogP contribution in [0.3, 0.4) is 0 Å². The maximum atomic E-state index is 12.1. The van der Waals surface area contributed by atoms with E-state index in [9.17, 15) is 4.79 Å². The zero-order valence-electron chi connectivity index (χ0n) is 11.0. The smallest absolute Gasteiger partial charge is 0.342 e. The van der Waals surface area contributed by atoms with E-state index < -0.39 is 5.60 Å². The van der Waals surface area contributed by atoms with Gasteiger partial charge in [0.25, 0.3) is 0 Å². The highest BCUT2D eigenvalue weighted by molar-refractivity contribution is 5.87. The lowest BCUT2D eigenvalue weighted by Gasteiger charge is -2.14. The number of ether oxygens (including phenoxy) is 2. The number of allylic oxidation sites excluding steroid dienone is 1. The Bertz CT molecular complexity index is 585. The monoisotopic (exact) mass is 260 g/mol. The lowest BCUT2D eigenvalue weighted by molar-refractivity contribution is -0.154. The number of hydrogen-bond donors (Lipinski definition) is 0. The van der Waals surface area contributed by atoms with Crippen LogP contribution in [0.25, 0.3) is 0 Å². The van der Waals surface area contributed by atoms with E-state index in [1.54, 1.807) is 6.26 Å². The molecule has 1 aromatic heterocycles. The summed E-state index contributed by atoms with van der Waals surface area (Å²) in [4.78, 5) is 12.1. The fraction of sp³-hybridized carbons (Fsp3) is 0.533. The summed E-state index contributed by atoms with van der Waals surface area (Å²) < 4.78 is 16.9. The average molecular weight is 260 g/mol. The minimum absolute atomic E-state index is 0.145. The van der Waals surface area contributed by atoms with Gasteiger partial charge in [-0.3, -0.25) is 0 Å². The van der Waals surface area contributed by atoms with Crippen LogP contribution in [0.2, 0.25) is 0 Å². The Morgan fingerprint density at radius 1 is 1.42 bits per heavy atom. The van der Waals surface area contributed by atoms with Gasteiger partial charge in [-0.15, -0.1) is 0 Å². The molecular formula is C15H16O4. The van der Waals surface area contributed by atoms with E-state index in [1.165, 1.54) is 0 Å². The number of carbonyl (C=O) groups is 1. The highest BCUT2D eigenvalue weighted by Gasteiger charge is 2.73. The third-order valence-electron chi connectivity index (χ3n) is 4.37. The summed E-state index contributed by atoms with van der Waals surface area (Å²) in [6, 6.07) is 0. The molecule has 0 saturated carbocycles. The van der Waals surface area contributed by atoms with E-state index in [-0.39, 0.29) is 18.2 Å². The van der Waals surface area contributed by atoms with Crippen LogP contribution in [-0.2, 0) is 20.7 Å². The molecule has 4 rings (SSSR count). The number of esters is 1. The van der Waals surface area contributed by atoms with E-state index in [0.29, 0.717) is 12.3 Å². The Balaban J connectivity index is 1.85. The molecule has 1 aromatic rings. The first-order chi connectivity index (χ1) is 9.12. The number of fused-ring (bicyclic) bond motifs is 2. The van der Waals surface area contributed by atoms with Gasteiger partial charge in [-0.1, -0.05) is 19.1 Å². The molecule has 3 aliphatic rings. The quantitative estimate of drug-likeness (QED) is 0.408. The SMILES string of the molecule is Cc1coc2c1C1OC(=O)C3(CC=CC(C)C2)OC13. The normalized spacial score (nSPS) is 39.5. The molecule has 4 nitrogen and oxygen atoms in total. The van der Waals surface area contributed by atoms with Crippen molar-refractivity contribution >= 4 is 5.97 Å². The summed E-state index contributed by atoms with van der Waals surface area (Å²) >= 11 is 0. The van der Waals surface area contributed by atoms with Crippen LogP contribution in [0.15, 0.2) is 22.8 Å². The van der Waals surface area contributed by atoms with Gasteiger partial charge in [0.15, 0.2) is 11.7 Å². The Morgan fingerprint density at radius 3 is 3.05 bits per heavy atom. The van der Waals surface area contributed by atoms with E-state index in [4.69, 9.17) is 13.9 Å². The van der Waals surface area contributed by atoms with Gasteiger partial charge in [-0.2, -0.15) is 0 Å². The summed E-state index contributed by atoms with van der Waals surface area (Å²) in [6.07, 6.45) is 6.91. The molecule has 100 valence electrons. The van der Waals surface area contributed by atoms with Gasteiger partial charge in [-0.05, 0) is 18.4 Å². The number of carbonyl (C=O) groups excluding carboxylic acids is 1. The summed E-state index contributed by atoms with van der Waals surface area (Å²) in [5.41, 5.74) is 1.33. The molecule has 4 heteroatoms. The Hall–Kier alpha value is -1.55. The molecule has 1 aliphatic carbocycles. The van der Waals surface area contributed by atoms with Crippen molar-refractivity contribution in [2.75, 3.05) is 0 Å². The molecule has 0 aromatic carbocycles. The molecular weight excluding hydrogens is 244 g/mol. The number of aryl methyl sites for hydroxylation is 1. The van der Waals surface area contributed by atoms with Crippen molar-refractivity contribution in [3.8, 4) is 0 Å². The molecule has 0 spiro atoms. The molecule has 2 aliphatic heterocycles. The summed E-state index contributed by atoms with van der Waals surface area (Å²) in [5, 5.41) is 0. The zero-order valence-corrected chi connectivity index (χ0v) is 11.0. The average Bonchev–Trinajstić information content (AvgIpc) is 2.91. The Labute approximate surface area is 111 Å². The van der Waals surface area contributed by atoms with Crippen molar-refractivity contribution in [1.29, 1.82) is 0 Å². The summed E-state index contributed by atoms with van der Waals surface area (Å²) in [5.74, 6) is 1.07. The molecule has 4 atom stereocenters. The van der Waals surface area contributed by atoms with Crippen LogP contribution < -0.4 is 0 Å². The van der Waals surface area contributed by atoms with Crippen molar-refractivity contribution < 1.29 is 18.7 Å². The standard InChI is InChI=1S/C15H16O4/c1-8-4-3-5-15-13(19-15)12(18-14(15)16)11-9(2)7-17-10(11)6-8/h3-4,7-8,12-13H,5-6H2,1-2H3. The fourth-order valence-corrected chi connectivity index (χ4v) is 3.28. The second-order valence-corrected chi connectivity index (χ2v) is 5.82. The van der Waals surface area contributed by atoms with E-state index in [2.05, 4.69) is 13.0 Å². The van der Waals surface area contributed by atoms with E-state index in [1.807, 2.05) is 13.0 Å². The number of epoxide rings is 1. The topological polar surface area (TPSA) is 52.0 Å². The summed E-state index contributed by atoms with van der Waals surface area (Å²) in [6.45, 7) is 4.14. The molecule has 0 amide bonds. The van der Waals surface area contributed by atoms with Crippen LogP contribution >= 0.6 is 0 Å². The van der Waals surface area contributed by atoms with Crippen LogP contribution in [0.1, 0.15) is 36.3 Å². The Morgan fingerprint density at radius 2 is 2.26 bits per heavy atom. The molecule has 3 heterocycles. The lowest BCUT2D eigenvalue weighted by Crippen LogP contribution is -2.21. The van der Waals surface area contributed by atoms with Crippen LogP contribution in [0.5, 0.6) is 0 Å². The second kappa shape index (κ2) is 3.51. The first-order valence-corrected chi connectivity index (χ1v) is 6.74. The highest BCUT2D eigenvalue weighted by Crippen LogP contribution is 2.56. The largest absolute Gasteiger partial charge is 0.469 e. The predicted octanol–water partition coefficient (Wildman–Crippen LogP) is 2.46. The third kappa shape index (κ3) is 1.40. The molecule has 2 bridgehead atoms. The zero-order chi connectivity index (χ0) is 13.2. The molecule has 0 N–H and O–H groups in total. The predicted molar refractivity (Wildman–Crippen MR) is 66.5 cm³/mol. The first kappa shape index (κ1) is 11.3. The lowest BCUT2D eigenvalue weighted by atomic mass is 9.91. The highest BCUT2D eigenvalue weighted by atomic mass is 16.7. The van der Waals surface area contributed by atoms with Crippen molar-refractivity contribution in [3.05, 3.63) is 35.3 Å². The van der Waals surface area contributed by atoms with Gasteiger partial charge >= 0.3 is 5.97 Å². The van der Waals surface area contributed by atoms with Gasteiger partial charge in [-0.25, -0.2) is 4.79 Å². The number of furan rings is 1. The number of hydrogen-bond acceptors (Lipinski definition) is 4. The van der Waals surface area contributed by atoms with Gasteiger partial charge in [0.2, 0.25) is 0 Å². The van der Waals surface area contributed by atoms with Gasteiger partial charge < -0.3 is 13.9 Å². The van der Waals surface area contributed by atoms with Gasteiger partial charge in [0, 0.05) is 18.4 Å².